The minimum Gasteiger partial charge on any atom is -0.497 e. The molecule has 1 aliphatic rings. The quantitative estimate of drug-likeness (QED) is 0.703. The van der Waals surface area contributed by atoms with Crippen LogP contribution < -0.4 is 4.74 Å². The van der Waals surface area contributed by atoms with Crippen molar-refractivity contribution in [2.75, 3.05) is 20.2 Å². The molecular formula is C17H18N6O3. The van der Waals surface area contributed by atoms with Crippen LogP contribution in [0.15, 0.2) is 35.0 Å². The number of aryl methyl sites for hydroxylation is 1. The van der Waals surface area contributed by atoms with Crippen LogP contribution in [0.4, 0.5) is 0 Å². The fourth-order valence-electron chi connectivity index (χ4n) is 3.04. The van der Waals surface area contributed by atoms with Crippen LogP contribution in [0.3, 0.4) is 0 Å². The molecule has 1 aromatic carbocycles. The van der Waals surface area contributed by atoms with E-state index in [9.17, 15) is 4.79 Å². The summed E-state index contributed by atoms with van der Waals surface area (Å²) < 4.78 is 12.1. The third-order valence-corrected chi connectivity index (χ3v) is 4.40. The van der Waals surface area contributed by atoms with Gasteiger partial charge in [-0.3, -0.25) is 4.79 Å². The van der Waals surface area contributed by atoms with Gasteiger partial charge in [-0.25, -0.2) is 4.68 Å². The van der Waals surface area contributed by atoms with E-state index in [4.69, 9.17) is 9.26 Å². The largest absolute Gasteiger partial charge is 0.497 e. The zero-order chi connectivity index (χ0) is 18.1. The highest BCUT2D eigenvalue weighted by molar-refractivity contribution is 5.94. The number of rotatable bonds is 4. The molecule has 0 saturated carbocycles. The molecule has 2 aromatic heterocycles. The van der Waals surface area contributed by atoms with Gasteiger partial charge in [0.1, 0.15) is 5.75 Å². The molecule has 26 heavy (non-hydrogen) atoms. The molecule has 0 N–H and O–H groups in total. The van der Waals surface area contributed by atoms with Crippen LogP contribution in [0, 0.1) is 6.92 Å². The Bertz CT molecular complexity index is 934. The molecule has 1 amide bonds. The van der Waals surface area contributed by atoms with Gasteiger partial charge in [-0.1, -0.05) is 16.4 Å². The van der Waals surface area contributed by atoms with E-state index in [1.54, 1.807) is 37.0 Å². The summed E-state index contributed by atoms with van der Waals surface area (Å²) in [6, 6.07) is 7.25. The Balaban J connectivity index is 1.46. The molecule has 134 valence electrons. The summed E-state index contributed by atoms with van der Waals surface area (Å²) in [7, 11) is 1.59. The first kappa shape index (κ1) is 16.2. The van der Waals surface area contributed by atoms with Crippen molar-refractivity contribution in [2.24, 2.45) is 0 Å². The highest BCUT2D eigenvalue weighted by Gasteiger charge is 2.29. The summed E-state index contributed by atoms with van der Waals surface area (Å²) in [5.41, 5.74) is 1.15. The van der Waals surface area contributed by atoms with Gasteiger partial charge >= 0.3 is 0 Å². The van der Waals surface area contributed by atoms with Gasteiger partial charge in [0, 0.05) is 18.7 Å². The molecule has 1 saturated heterocycles. The van der Waals surface area contributed by atoms with E-state index in [1.807, 2.05) is 17.0 Å². The number of methoxy groups -OCH3 is 1. The third-order valence-electron chi connectivity index (χ3n) is 4.40. The first-order chi connectivity index (χ1) is 12.6. The summed E-state index contributed by atoms with van der Waals surface area (Å²) in [6.07, 6.45) is 2.58. The summed E-state index contributed by atoms with van der Waals surface area (Å²) >= 11 is 0. The zero-order valence-corrected chi connectivity index (χ0v) is 14.5. The number of hydrogen-bond donors (Lipinski definition) is 0. The normalized spacial score (nSPS) is 16.8. The molecule has 0 aliphatic carbocycles. The molecule has 0 spiro atoms. The highest BCUT2D eigenvalue weighted by atomic mass is 16.5. The minimum atomic E-state index is -0.0146. The summed E-state index contributed by atoms with van der Waals surface area (Å²) in [5, 5.41) is 12.0. The van der Waals surface area contributed by atoms with Crippen LogP contribution in [-0.2, 0) is 0 Å². The van der Waals surface area contributed by atoms with Crippen molar-refractivity contribution in [2.45, 2.75) is 19.4 Å². The van der Waals surface area contributed by atoms with Crippen molar-refractivity contribution in [1.82, 2.24) is 30.0 Å². The lowest BCUT2D eigenvalue weighted by molar-refractivity contribution is 0.0786. The minimum absolute atomic E-state index is 0.0146. The number of amides is 1. The average Bonchev–Trinajstić information content (AvgIpc) is 3.40. The Hall–Kier alpha value is -3.23. The molecule has 0 bridgehead atoms. The van der Waals surface area contributed by atoms with Gasteiger partial charge < -0.3 is 14.2 Å². The number of carbonyl (C=O) groups is 1. The lowest BCUT2D eigenvalue weighted by Gasteiger charge is -2.17. The van der Waals surface area contributed by atoms with Crippen LogP contribution in [-0.4, -0.2) is 56.1 Å². The van der Waals surface area contributed by atoms with E-state index in [2.05, 4.69) is 20.5 Å². The van der Waals surface area contributed by atoms with Gasteiger partial charge in [0.25, 0.3) is 11.8 Å². The number of hydrogen-bond acceptors (Lipinski definition) is 7. The number of benzene rings is 1. The van der Waals surface area contributed by atoms with E-state index in [-0.39, 0.29) is 11.9 Å². The summed E-state index contributed by atoms with van der Waals surface area (Å²) in [5.74, 6) is 1.54. The topological polar surface area (TPSA) is 99.2 Å². The lowest BCUT2D eigenvalue weighted by Crippen LogP contribution is -2.29. The third kappa shape index (κ3) is 3.03. The van der Waals surface area contributed by atoms with E-state index >= 15 is 0 Å². The molecular weight excluding hydrogens is 336 g/mol. The molecule has 3 heterocycles. The van der Waals surface area contributed by atoms with Gasteiger partial charge in [0.05, 0.1) is 19.3 Å². The number of carbonyl (C=O) groups excluding carboxylic acids is 1. The Morgan fingerprint density at radius 1 is 1.38 bits per heavy atom. The second kappa shape index (κ2) is 6.58. The summed E-state index contributed by atoms with van der Waals surface area (Å²) in [4.78, 5) is 18.7. The van der Waals surface area contributed by atoms with E-state index < -0.39 is 0 Å². The van der Waals surface area contributed by atoms with E-state index in [0.717, 1.165) is 6.42 Å². The predicted molar refractivity (Wildman–Crippen MR) is 90.6 cm³/mol. The molecule has 0 radical (unpaired) electrons. The summed E-state index contributed by atoms with van der Waals surface area (Å²) in [6.45, 7) is 2.98. The van der Waals surface area contributed by atoms with Gasteiger partial charge in [-0.05, 0) is 31.5 Å². The molecule has 4 rings (SSSR count). The number of likely N-dealkylation sites (tertiary alicyclic amines) is 1. The van der Waals surface area contributed by atoms with Gasteiger partial charge in [-0.2, -0.15) is 4.98 Å². The number of ether oxygens (including phenoxy) is 1. The highest BCUT2D eigenvalue weighted by Crippen LogP contribution is 2.25. The Morgan fingerprint density at radius 3 is 3.04 bits per heavy atom. The first-order valence-corrected chi connectivity index (χ1v) is 8.30. The van der Waals surface area contributed by atoms with Crippen LogP contribution in [0.5, 0.6) is 5.75 Å². The lowest BCUT2D eigenvalue weighted by atomic mass is 10.2. The molecule has 9 heteroatoms. The molecule has 9 nitrogen and oxygen atoms in total. The maximum Gasteiger partial charge on any atom is 0.280 e. The van der Waals surface area contributed by atoms with Crippen molar-refractivity contribution in [3.05, 3.63) is 41.9 Å². The van der Waals surface area contributed by atoms with Crippen molar-refractivity contribution in [1.29, 1.82) is 0 Å². The van der Waals surface area contributed by atoms with Gasteiger partial charge in [0.15, 0.2) is 11.5 Å². The van der Waals surface area contributed by atoms with Crippen molar-refractivity contribution >= 4 is 5.91 Å². The van der Waals surface area contributed by atoms with E-state index in [0.29, 0.717) is 41.8 Å². The molecule has 1 fully saturated rings. The van der Waals surface area contributed by atoms with Crippen LogP contribution in [0.1, 0.15) is 28.6 Å². The molecule has 1 aliphatic heterocycles. The fraction of sp³-hybridized carbons (Fsp3) is 0.353. The van der Waals surface area contributed by atoms with Gasteiger partial charge in [0.2, 0.25) is 0 Å². The second-order valence-electron chi connectivity index (χ2n) is 6.16. The van der Waals surface area contributed by atoms with Crippen LogP contribution in [0.25, 0.3) is 11.6 Å². The standard InChI is InChI=1S/C17H18N6O3/c1-11-18-16(26-20-11)15-10-23(21-19-15)13-6-7-22(9-13)17(24)12-4-3-5-14(8-12)25-2/h3-5,8,10,13H,6-7,9H2,1-2H3. The van der Waals surface area contributed by atoms with Crippen molar-refractivity contribution in [3.8, 4) is 17.3 Å². The van der Waals surface area contributed by atoms with E-state index in [1.165, 1.54) is 0 Å². The number of aromatic nitrogens is 5. The molecule has 3 aromatic rings. The maximum absolute atomic E-state index is 12.7. The molecule has 1 unspecified atom stereocenters. The monoisotopic (exact) mass is 354 g/mol. The molecule has 1 atom stereocenters. The smallest absolute Gasteiger partial charge is 0.280 e. The van der Waals surface area contributed by atoms with Crippen LogP contribution >= 0.6 is 0 Å². The Kier molecular flexibility index (Phi) is 4.11. The maximum atomic E-state index is 12.7. The van der Waals surface area contributed by atoms with Crippen molar-refractivity contribution in [3.63, 3.8) is 0 Å². The fourth-order valence-corrected chi connectivity index (χ4v) is 3.04. The SMILES string of the molecule is COc1cccc(C(=O)N2CCC(n3cc(-c4nc(C)no4)nn3)C2)c1. The van der Waals surface area contributed by atoms with Crippen molar-refractivity contribution < 1.29 is 14.1 Å². The number of nitrogens with zero attached hydrogens (tertiary/aromatic N) is 6. The Morgan fingerprint density at radius 2 is 2.27 bits per heavy atom. The van der Waals surface area contributed by atoms with Crippen LogP contribution in [0.2, 0.25) is 0 Å². The first-order valence-electron chi connectivity index (χ1n) is 8.30. The average molecular weight is 354 g/mol. The zero-order valence-electron chi connectivity index (χ0n) is 14.5. The second-order valence-corrected chi connectivity index (χ2v) is 6.16. The predicted octanol–water partition coefficient (Wildman–Crippen LogP) is 1.73. The Labute approximate surface area is 149 Å². The van der Waals surface area contributed by atoms with Gasteiger partial charge in [-0.15, -0.1) is 5.10 Å².